The Labute approximate surface area is 174 Å². The molecule has 4 rings (SSSR count). The summed E-state index contributed by atoms with van der Waals surface area (Å²) < 4.78 is 17.9. The molecular weight excluding hydrogens is 384 g/mol. The number of ether oxygens (including phenoxy) is 3. The molecule has 1 aliphatic heterocycles. The number of fused-ring (bicyclic) bond motifs is 1. The molecule has 0 radical (unpaired) electrons. The Morgan fingerprint density at radius 1 is 1.03 bits per heavy atom. The third-order valence-corrected chi connectivity index (χ3v) is 4.88. The van der Waals surface area contributed by atoms with Crippen molar-refractivity contribution in [2.24, 2.45) is 0 Å². The van der Waals surface area contributed by atoms with E-state index in [1.54, 1.807) is 17.0 Å². The molecule has 0 N–H and O–H groups in total. The Morgan fingerprint density at radius 2 is 1.77 bits per heavy atom. The van der Waals surface area contributed by atoms with Gasteiger partial charge in [-0.25, -0.2) is 4.79 Å². The monoisotopic (exact) mass is 406 g/mol. The van der Waals surface area contributed by atoms with E-state index in [1.165, 1.54) is 0 Å². The molecule has 0 saturated carbocycles. The number of rotatable bonds is 7. The zero-order valence-electron chi connectivity index (χ0n) is 16.6. The van der Waals surface area contributed by atoms with Gasteiger partial charge in [0.2, 0.25) is 6.79 Å². The van der Waals surface area contributed by atoms with Gasteiger partial charge in [0.1, 0.15) is 0 Å². The summed E-state index contributed by atoms with van der Waals surface area (Å²) in [4.78, 5) is 26.5. The minimum atomic E-state index is -0.526. The van der Waals surface area contributed by atoms with E-state index in [0.29, 0.717) is 30.2 Å². The van der Waals surface area contributed by atoms with Crippen LogP contribution in [0, 0.1) is 0 Å². The molecule has 3 aromatic rings. The zero-order chi connectivity index (χ0) is 20.9. The second-order valence-corrected chi connectivity index (χ2v) is 6.81. The third kappa shape index (κ3) is 4.30. The molecule has 7 nitrogen and oxygen atoms in total. The summed E-state index contributed by atoms with van der Waals surface area (Å²) in [5, 5.41) is 0. The summed E-state index contributed by atoms with van der Waals surface area (Å²) in [6.45, 7) is 2.67. The highest BCUT2D eigenvalue weighted by Gasteiger charge is 2.18. The lowest BCUT2D eigenvalue weighted by Gasteiger charge is -2.21. The van der Waals surface area contributed by atoms with E-state index in [-0.39, 0.29) is 19.3 Å². The van der Waals surface area contributed by atoms with Gasteiger partial charge in [0.25, 0.3) is 5.91 Å². The lowest BCUT2D eigenvalue weighted by Crippen LogP contribution is -2.34. The van der Waals surface area contributed by atoms with Gasteiger partial charge in [-0.05, 0) is 61.0 Å². The molecule has 0 unspecified atom stereocenters. The summed E-state index contributed by atoms with van der Waals surface area (Å²) in [5.74, 6) is 0.588. The fraction of sp³-hybridized carbons (Fsp3) is 0.217. The first-order valence-electron chi connectivity index (χ1n) is 9.71. The van der Waals surface area contributed by atoms with E-state index >= 15 is 0 Å². The van der Waals surface area contributed by atoms with Crippen molar-refractivity contribution in [3.05, 3.63) is 78.1 Å². The number of esters is 1. The normalized spacial score (nSPS) is 11.9. The Morgan fingerprint density at radius 3 is 2.50 bits per heavy atom. The molecule has 0 spiro atoms. The fourth-order valence-electron chi connectivity index (χ4n) is 3.21. The van der Waals surface area contributed by atoms with Crippen LogP contribution >= 0.6 is 0 Å². The van der Waals surface area contributed by atoms with E-state index in [1.807, 2.05) is 66.3 Å². The van der Waals surface area contributed by atoms with E-state index in [9.17, 15) is 9.59 Å². The first-order valence-corrected chi connectivity index (χ1v) is 9.71. The maximum atomic E-state index is 12.5. The number of hydrogen-bond donors (Lipinski definition) is 0. The SMILES string of the molecule is CCN(Cc1ccc2c(c1)OCO2)C(=O)COC(=O)c1ccc(-n2cccc2)cc1. The quantitative estimate of drug-likeness (QED) is 0.563. The van der Waals surface area contributed by atoms with Crippen molar-refractivity contribution in [1.82, 2.24) is 9.47 Å². The van der Waals surface area contributed by atoms with Crippen LogP contribution in [-0.2, 0) is 16.1 Å². The lowest BCUT2D eigenvalue weighted by molar-refractivity contribution is -0.134. The molecule has 0 fully saturated rings. The highest BCUT2D eigenvalue weighted by Crippen LogP contribution is 2.32. The van der Waals surface area contributed by atoms with Gasteiger partial charge in [-0.1, -0.05) is 6.07 Å². The summed E-state index contributed by atoms with van der Waals surface area (Å²) in [6.07, 6.45) is 3.84. The van der Waals surface area contributed by atoms with Crippen molar-refractivity contribution in [3.8, 4) is 17.2 Å². The second kappa shape index (κ2) is 8.73. The number of likely N-dealkylation sites (N-methyl/N-ethyl adjacent to an activating group) is 1. The van der Waals surface area contributed by atoms with Gasteiger partial charge in [-0.15, -0.1) is 0 Å². The number of carbonyl (C=O) groups is 2. The average Bonchev–Trinajstić information content (AvgIpc) is 3.47. The molecule has 0 saturated heterocycles. The summed E-state index contributed by atoms with van der Waals surface area (Å²) >= 11 is 0. The number of nitrogens with zero attached hydrogens (tertiary/aromatic N) is 2. The number of aromatic nitrogens is 1. The van der Waals surface area contributed by atoms with Crippen LogP contribution in [0.3, 0.4) is 0 Å². The van der Waals surface area contributed by atoms with E-state index in [0.717, 1.165) is 11.3 Å². The van der Waals surface area contributed by atoms with Crippen molar-refractivity contribution in [1.29, 1.82) is 0 Å². The Hall–Kier alpha value is -3.74. The van der Waals surface area contributed by atoms with Crippen molar-refractivity contribution >= 4 is 11.9 Å². The smallest absolute Gasteiger partial charge is 0.338 e. The highest BCUT2D eigenvalue weighted by atomic mass is 16.7. The molecule has 30 heavy (non-hydrogen) atoms. The van der Waals surface area contributed by atoms with Crippen LogP contribution < -0.4 is 9.47 Å². The molecule has 0 bridgehead atoms. The molecule has 154 valence electrons. The first-order chi connectivity index (χ1) is 14.6. The molecule has 0 atom stereocenters. The molecule has 7 heteroatoms. The van der Waals surface area contributed by atoms with Crippen molar-refractivity contribution in [2.45, 2.75) is 13.5 Å². The molecular formula is C23H22N2O5. The zero-order valence-corrected chi connectivity index (χ0v) is 16.6. The molecule has 1 aliphatic rings. The number of benzene rings is 2. The Bertz CT molecular complexity index is 1030. The molecule has 0 aliphatic carbocycles. The van der Waals surface area contributed by atoms with E-state index in [4.69, 9.17) is 14.2 Å². The maximum absolute atomic E-state index is 12.5. The largest absolute Gasteiger partial charge is 0.454 e. The average molecular weight is 406 g/mol. The predicted octanol–water partition coefficient (Wildman–Crippen LogP) is 3.41. The fourth-order valence-corrected chi connectivity index (χ4v) is 3.21. The van der Waals surface area contributed by atoms with Crippen LogP contribution in [0.5, 0.6) is 11.5 Å². The van der Waals surface area contributed by atoms with Crippen LogP contribution in [0.4, 0.5) is 0 Å². The van der Waals surface area contributed by atoms with Gasteiger partial charge in [0, 0.05) is 31.2 Å². The number of hydrogen-bond acceptors (Lipinski definition) is 5. The van der Waals surface area contributed by atoms with Gasteiger partial charge in [-0.3, -0.25) is 4.79 Å². The van der Waals surface area contributed by atoms with Gasteiger partial charge in [0.05, 0.1) is 5.56 Å². The predicted molar refractivity (Wildman–Crippen MR) is 110 cm³/mol. The minimum absolute atomic E-state index is 0.206. The van der Waals surface area contributed by atoms with Crippen LogP contribution in [-0.4, -0.2) is 41.3 Å². The van der Waals surface area contributed by atoms with Crippen LogP contribution in [0.1, 0.15) is 22.8 Å². The first kappa shape index (κ1) is 19.6. The summed E-state index contributed by atoms with van der Waals surface area (Å²) in [7, 11) is 0. The molecule has 2 heterocycles. The lowest BCUT2D eigenvalue weighted by atomic mass is 10.2. The van der Waals surface area contributed by atoms with Crippen molar-refractivity contribution in [3.63, 3.8) is 0 Å². The van der Waals surface area contributed by atoms with Gasteiger partial charge < -0.3 is 23.7 Å². The van der Waals surface area contributed by atoms with Crippen molar-refractivity contribution < 1.29 is 23.8 Å². The van der Waals surface area contributed by atoms with Gasteiger partial charge >= 0.3 is 5.97 Å². The Balaban J connectivity index is 1.32. The van der Waals surface area contributed by atoms with Crippen LogP contribution in [0.15, 0.2) is 67.0 Å². The standard InChI is InChI=1S/C23H22N2O5/c1-2-24(14-17-5-10-20-21(13-17)30-16-29-20)22(26)15-28-23(27)18-6-8-19(9-7-18)25-11-3-4-12-25/h3-13H,2,14-16H2,1H3. The molecule has 2 aromatic carbocycles. The Kier molecular flexibility index (Phi) is 5.70. The molecule has 1 aromatic heterocycles. The maximum Gasteiger partial charge on any atom is 0.338 e. The van der Waals surface area contributed by atoms with Crippen LogP contribution in [0.25, 0.3) is 5.69 Å². The second-order valence-electron chi connectivity index (χ2n) is 6.81. The summed E-state index contributed by atoms with van der Waals surface area (Å²) in [5.41, 5.74) is 2.26. The topological polar surface area (TPSA) is 70.0 Å². The highest BCUT2D eigenvalue weighted by molar-refractivity contribution is 5.91. The van der Waals surface area contributed by atoms with Crippen LogP contribution in [0.2, 0.25) is 0 Å². The van der Waals surface area contributed by atoms with E-state index in [2.05, 4.69) is 0 Å². The third-order valence-electron chi connectivity index (χ3n) is 4.88. The van der Waals surface area contributed by atoms with Gasteiger partial charge in [-0.2, -0.15) is 0 Å². The van der Waals surface area contributed by atoms with Gasteiger partial charge in [0.15, 0.2) is 18.1 Å². The number of amides is 1. The van der Waals surface area contributed by atoms with E-state index < -0.39 is 5.97 Å². The summed E-state index contributed by atoms with van der Waals surface area (Å²) in [6, 6.07) is 16.5. The molecule has 1 amide bonds. The minimum Gasteiger partial charge on any atom is -0.454 e. The number of carbonyl (C=O) groups excluding carboxylic acids is 2. The van der Waals surface area contributed by atoms with Crippen molar-refractivity contribution in [2.75, 3.05) is 19.9 Å².